The van der Waals surface area contributed by atoms with Crippen molar-refractivity contribution < 1.29 is 14.3 Å². The highest BCUT2D eigenvalue weighted by Crippen LogP contribution is 2.21. The summed E-state index contributed by atoms with van der Waals surface area (Å²) in [6.45, 7) is 9.15. The highest BCUT2D eigenvalue weighted by atomic mass is 16.6. The Morgan fingerprint density at radius 1 is 1.25 bits per heavy atom. The van der Waals surface area contributed by atoms with Gasteiger partial charge in [0, 0.05) is 37.7 Å². The molecule has 1 saturated heterocycles. The second kappa shape index (κ2) is 8.04. The number of anilines is 1. The maximum absolute atomic E-state index is 12.6. The Hall–Kier alpha value is -2.83. The molecule has 0 bridgehead atoms. The molecule has 2 aromatic rings. The zero-order chi connectivity index (χ0) is 20.3. The van der Waals surface area contributed by atoms with Crippen molar-refractivity contribution in [2.24, 2.45) is 5.92 Å². The number of likely N-dealkylation sites (tertiary alicyclic amines) is 1. The summed E-state index contributed by atoms with van der Waals surface area (Å²) < 4.78 is 7.45. The minimum atomic E-state index is -0.533. The van der Waals surface area contributed by atoms with Gasteiger partial charge in [0.25, 0.3) is 0 Å². The second-order valence-corrected chi connectivity index (χ2v) is 8.20. The van der Waals surface area contributed by atoms with Crippen LogP contribution in [0.15, 0.2) is 36.7 Å². The highest BCUT2D eigenvalue weighted by Gasteiger charge is 2.33. The van der Waals surface area contributed by atoms with Gasteiger partial charge in [-0.3, -0.25) is 4.79 Å². The van der Waals surface area contributed by atoms with Crippen molar-refractivity contribution in [1.29, 1.82) is 0 Å². The summed E-state index contributed by atoms with van der Waals surface area (Å²) in [6.07, 6.45) is 4.01. The molecule has 1 aromatic carbocycles. The standard InChI is InChI=1S/C21H28N4O3/c1-15-22-10-12-24(15)13-16-5-7-18(8-6-16)23-19(26)17-9-11-25(14-17)20(27)28-21(2,3)4/h5-8,10,12,17H,9,11,13-14H2,1-4H3,(H,23,26). The molecule has 0 saturated carbocycles. The molecule has 2 heterocycles. The number of aryl methyl sites for hydroxylation is 1. The first kappa shape index (κ1) is 19.9. The molecule has 1 aliphatic rings. The van der Waals surface area contributed by atoms with E-state index in [1.165, 1.54) is 0 Å². The van der Waals surface area contributed by atoms with Crippen molar-refractivity contribution >= 4 is 17.7 Å². The second-order valence-electron chi connectivity index (χ2n) is 8.20. The van der Waals surface area contributed by atoms with Crippen LogP contribution in [0, 0.1) is 12.8 Å². The van der Waals surface area contributed by atoms with E-state index >= 15 is 0 Å². The molecular weight excluding hydrogens is 356 g/mol. The first-order valence-corrected chi connectivity index (χ1v) is 9.57. The topological polar surface area (TPSA) is 76.5 Å². The highest BCUT2D eigenvalue weighted by molar-refractivity contribution is 5.93. The Bertz CT molecular complexity index is 836. The Labute approximate surface area is 165 Å². The fraction of sp³-hybridized carbons (Fsp3) is 0.476. The van der Waals surface area contributed by atoms with Gasteiger partial charge in [-0.05, 0) is 51.8 Å². The minimum Gasteiger partial charge on any atom is -0.444 e. The summed E-state index contributed by atoms with van der Waals surface area (Å²) in [5.41, 5.74) is 1.36. The lowest BCUT2D eigenvalue weighted by molar-refractivity contribution is -0.119. The van der Waals surface area contributed by atoms with Crippen LogP contribution in [0.4, 0.5) is 10.5 Å². The van der Waals surface area contributed by atoms with E-state index in [1.807, 2.05) is 58.2 Å². The van der Waals surface area contributed by atoms with Crippen LogP contribution in [0.25, 0.3) is 0 Å². The van der Waals surface area contributed by atoms with Crippen LogP contribution in [-0.4, -0.2) is 45.1 Å². The van der Waals surface area contributed by atoms with Crippen LogP contribution in [0.1, 0.15) is 38.6 Å². The number of imidazole rings is 1. The van der Waals surface area contributed by atoms with Gasteiger partial charge in [-0.15, -0.1) is 0 Å². The van der Waals surface area contributed by atoms with Crippen LogP contribution in [0.2, 0.25) is 0 Å². The number of ether oxygens (including phenoxy) is 1. The predicted octanol–water partition coefficient (Wildman–Crippen LogP) is 3.44. The molecule has 7 heteroatoms. The van der Waals surface area contributed by atoms with E-state index in [0.717, 1.165) is 23.6 Å². The molecule has 1 aromatic heterocycles. The number of hydrogen-bond donors (Lipinski definition) is 1. The predicted molar refractivity (Wildman–Crippen MR) is 107 cm³/mol. The number of carbonyl (C=O) groups excluding carboxylic acids is 2. The number of aromatic nitrogens is 2. The van der Waals surface area contributed by atoms with Crippen LogP contribution in [0.5, 0.6) is 0 Å². The van der Waals surface area contributed by atoms with Gasteiger partial charge in [-0.2, -0.15) is 0 Å². The average molecular weight is 384 g/mol. The molecule has 1 fully saturated rings. The van der Waals surface area contributed by atoms with E-state index in [4.69, 9.17) is 4.74 Å². The van der Waals surface area contributed by atoms with E-state index in [0.29, 0.717) is 19.5 Å². The van der Waals surface area contributed by atoms with Gasteiger partial charge in [-0.25, -0.2) is 9.78 Å². The number of hydrogen-bond acceptors (Lipinski definition) is 4. The van der Waals surface area contributed by atoms with Crippen molar-refractivity contribution in [3.05, 3.63) is 48.0 Å². The summed E-state index contributed by atoms with van der Waals surface area (Å²) in [4.78, 5) is 30.5. The Morgan fingerprint density at radius 2 is 1.96 bits per heavy atom. The molecule has 1 atom stereocenters. The van der Waals surface area contributed by atoms with Gasteiger partial charge < -0.3 is 19.5 Å². The normalized spacial score (nSPS) is 16.9. The molecule has 0 radical (unpaired) electrons. The first-order valence-electron chi connectivity index (χ1n) is 9.57. The zero-order valence-electron chi connectivity index (χ0n) is 16.9. The molecule has 3 rings (SSSR count). The Morgan fingerprint density at radius 3 is 2.57 bits per heavy atom. The van der Waals surface area contributed by atoms with Crippen molar-refractivity contribution in [1.82, 2.24) is 14.5 Å². The van der Waals surface area contributed by atoms with Crippen LogP contribution < -0.4 is 5.32 Å². The minimum absolute atomic E-state index is 0.0655. The molecular formula is C21H28N4O3. The molecule has 7 nitrogen and oxygen atoms in total. The quantitative estimate of drug-likeness (QED) is 0.876. The number of nitrogens with zero attached hydrogens (tertiary/aromatic N) is 3. The zero-order valence-corrected chi connectivity index (χ0v) is 16.9. The van der Waals surface area contributed by atoms with Crippen LogP contribution >= 0.6 is 0 Å². The van der Waals surface area contributed by atoms with E-state index in [9.17, 15) is 9.59 Å². The van der Waals surface area contributed by atoms with Gasteiger partial charge in [-0.1, -0.05) is 12.1 Å². The summed E-state index contributed by atoms with van der Waals surface area (Å²) in [5, 5.41) is 2.95. The molecule has 1 N–H and O–H groups in total. The molecule has 2 amide bonds. The Kier molecular flexibility index (Phi) is 5.72. The molecule has 0 aliphatic carbocycles. The van der Waals surface area contributed by atoms with Gasteiger partial charge >= 0.3 is 6.09 Å². The van der Waals surface area contributed by atoms with Crippen molar-refractivity contribution in [2.75, 3.05) is 18.4 Å². The maximum Gasteiger partial charge on any atom is 0.410 e. The third-order valence-electron chi connectivity index (χ3n) is 4.71. The number of rotatable bonds is 4. The SMILES string of the molecule is Cc1nccn1Cc1ccc(NC(=O)C2CCN(C(=O)OC(C)(C)C)C2)cc1. The average Bonchev–Trinajstić information content (AvgIpc) is 3.25. The van der Waals surface area contributed by atoms with Crippen molar-refractivity contribution in [3.8, 4) is 0 Å². The van der Waals surface area contributed by atoms with Gasteiger partial charge in [0.05, 0.1) is 5.92 Å². The third kappa shape index (κ3) is 5.12. The monoisotopic (exact) mass is 384 g/mol. The van der Waals surface area contributed by atoms with Gasteiger partial charge in [0.15, 0.2) is 0 Å². The van der Waals surface area contributed by atoms with E-state index in [2.05, 4.69) is 14.9 Å². The molecule has 0 spiro atoms. The van der Waals surface area contributed by atoms with E-state index < -0.39 is 5.60 Å². The fourth-order valence-corrected chi connectivity index (χ4v) is 3.17. The number of benzene rings is 1. The molecule has 1 unspecified atom stereocenters. The fourth-order valence-electron chi connectivity index (χ4n) is 3.17. The van der Waals surface area contributed by atoms with Crippen LogP contribution in [-0.2, 0) is 16.1 Å². The Balaban J connectivity index is 1.52. The van der Waals surface area contributed by atoms with E-state index in [-0.39, 0.29) is 17.9 Å². The maximum atomic E-state index is 12.6. The number of carbonyl (C=O) groups is 2. The van der Waals surface area contributed by atoms with E-state index in [1.54, 1.807) is 11.1 Å². The third-order valence-corrected chi connectivity index (χ3v) is 4.71. The summed E-state index contributed by atoms with van der Waals surface area (Å²) in [6, 6.07) is 7.80. The smallest absolute Gasteiger partial charge is 0.410 e. The molecule has 1 aliphatic heterocycles. The van der Waals surface area contributed by atoms with Gasteiger partial charge in [0.2, 0.25) is 5.91 Å². The van der Waals surface area contributed by atoms with Crippen molar-refractivity contribution in [3.63, 3.8) is 0 Å². The van der Waals surface area contributed by atoms with Crippen molar-refractivity contribution in [2.45, 2.75) is 46.3 Å². The molecule has 28 heavy (non-hydrogen) atoms. The summed E-state index contributed by atoms with van der Waals surface area (Å²) in [5.74, 6) is 0.679. The largest absolute Gasteiger partial charge is 0.444 e. The molecule has 150 valence electrons. The van der Waals surface area contributed by atoms with Crippen LogP contribution in [0.3, 0.4) is 0 Å². The van der Waals surface area contributed by atoms with Gasteiger partial charge in [0.1, 0.15) is 11.4 Å². The number of nitrogens with one attached hydrogen (secondary N) is 1. The lowest BCUT2D eigenvalue weighted by atomic mass is 10.1. The number of amides is 2. The summed E-state index contributed by atoms with van der Waals surface area (Å²) >= 11 is 0. The lowest BCUT2D eigenvalue weighted by Gasteiger charge is -2.24. The first-order chi connectivity index (χ1) is 13.2. The summed E-state index contributed by atoms with van der Waals surface area (Å²) in [7, 11) is 0. The lowest BCUT2D eigenvalue weighted by Crippen LogP contribution is -2.36.